The van der Waals surface area contributed by atoms with Crippen molar-refractivity contribution in [1.29, 1.82) is 0 Å². The minimum Gasteiger partial charge on any atom is -1.00 e. The molecule has 0 unspecified atom stereocenters. The van der Waals surface area contributed by atoms with E-state index in [1.807, 2.05) is 30.3 Å². The highest BCUT2D eigenvalue weighted by molar-refractivity contribution is 7.96. The molecule has 1 nitrogen and oxygen atoms in total. The van der Waals surface area contributed by atoms with Crippen molar-refractivity contribution in [3.05, 3.63) is 127 Å². The lowest BCUT2D eigenvalue weighted by atomic mass is 10.1. The number of hydrogen-bond acceptors (Lipinski definition) is 1. The van der Waals surface area contributed by atoms with Gasteiger partial charge in [-0.05, 0) is 48.9 Å². The fourth-order valence-electron chi connectivity index (χ4n) is 4.28. The summed E-state index contributed by atoms with van der Waals surface area (Å²) in [4.78, 5) is 0. The van der Waals surface area contributed by atoms with Crippen LogP contribution in [0.15, 0.2) is 121 Å². The van der Waals surface area contributed by atoms with E-state index in [9.17, 15) is 5.11 Å². The lowest BCUT2D eigenvalue weighted by Gasteiger charge is -2.35. The first-order chi connectivity index (χ1) is 14.2. The topological polar surface area (TPSA) is 20.2 Å². The lowest BCUT2D eigenvalue weighted by molar-refractivity contribution is -0.00000718. The molecule has 4 rings (SSSR count). The van der Waals surface area contributed by atoms with E-state index < -0.39 is 13.4 Å². The maximum atomic E-state index is 11.5. The summed E-state index contributed by atoms with van der Waals surface area (Å²) in [5.74, 6) is 0. The molecule has 0 saturated heterocycles. The number of benzene rings is 4. The summed E-state index contributed by atoms with van der Waals surface area (Å²) in [5.41, 5.74) is 0.976. The molecule has 30 heavy (non-hydrogen) atoms. The Morgan fingerprint density at radius 2 is 0.833 bits per heavy atom. The Kier molecular flexibility index (Phi) is 7.61. The zero-order chi connectivity index (χ0) is 20.1. The zero-order valence-corrected chi connectivity index (χ0v) is 19.5. The normalized spacial score (nSPS) is 13.1. The molecule has 0 bridgehead atoms. The van der Waals surface area contributed by atoms with Crippen molar-refractivity contribution in [2.75, 3.05) is 0 Å². The molecule has 0 aromatic heterocycles. The third-order valence-electron chi connectivity index (χ3n) is 5.70. The minimum absolute atomic E-state index is 0. The van der Waals surface area contributed by atoms with E-state index in [-0.39, 0.29) is 22.6 Å². The van der Waals surface area contributed by atoms with Gasteiger partial charge in [-0.15, -0.1) is 0 Å². The zero-order valence-electron chi connectivity index (χ0n) is 17.0. The molecule has 3 heteroatoms. The summed E-state index contributed by atoms with van der Waals surface area (Å²) in [6.07, 6.45) is -0.565. The summed E-state index contributed by atoms with van der Waals surface area (Å²) in [6.45, 7) is 2.21. The summed E-state index contributed by atoms with van der Waals surface area (Å²) in [5, 5.41) is 15.4. The average Bonchev–Trinajstić information content (AvgIpc) is 2.82. The first kappa shape index (κ1) is 22.4. The molecule has 1 N–H and O–H groups in total. The number of halogens is 1. The molecule has 0 amide bonds. The molecule has 0 radical (unpaired) electrons. The highest BCUT2D eigenvalue weighted by atomic mass is 79.9. The van der Waals surface area contributed by atoms with Crippen LogP contribution in [0.25, 0.3) is 0 Å². The highest BCUT2D eigenvalue weighted by Crippen LogP contribution is 2.62. The van der Waals surface area contributed by atoms with Crippen LogP contribution in [0.1, 0.15) is 18.6 Å². The van der Waals surface area contributed by atoms with Crippen LogP contribution in [0.5, 0.6) is 0 Å². The van der Waals surface area contributed by atoms with Crippen molar-refractivity contribution in [3.8, 4) is 0 Å². The van der Waals surface area contributed by atoms with Gasteiger partial charge in [-0.3, -0.25) is 0 Å². The van der Waals surface area contributed by atoms with Gasteiger partial charge in [-0.1, -0.05) is 84.9 Å². The van der Waals surface area contributed by atoms with Gasteiger partial charge in [0.1, 0.15) is 34.9 Å². The van der Waals surface area contributed by atoms with Crippen LogP contribution in [0.3, 0.4) is 0 Å². The van der Waals surface area contributed by atoms with Crippen LogP contribution >= 0.6 is 7.26 Å². The molecule has 0 heterocycles. The largest absolute Gasteiger partial charge is 1.00 e. The molecule has 152 valence electrons. The second-order valence-electron chi connectivity index (χ2n) is 7.33. The van der Waals surface area contributed by atoms with Gasteiger partial charge in [-0.2, -0.15) is 0 Å². The molecule has 2 atom stereocenters. The van der Waals surface area contributed by atoms with Gasteiger partial charge in [-0.25, -0.2) is 0 Å². The molecular formula is C27H26BrOP. The second-order valence-corrected chi connectivity index (χ2v) is 11.1. The Hall–Kier alpha value is -2.25. The summed E-state index contributed by atoms with van der Waals surface area (Å²) in [6, 6.07) is 42.2. The van der Waals surface area contributed by atoms with E-state index in [1.165, 1.54) is 15.9 Å². The van der Waals surface area contributed by atoms with Crippen molar-refractivity contribution >= 4 is 23.2 Å². The fourth-order valence-corrected chi connectivity index (χ4v) is 9.11. The van der Waals surface area contributed by atoms with E-state index >= 15 is 0 Å². The van der Waals surface area contributed by atoms with Crippen molar-refractivity contribution in [2.45, 2.75) is 18.7 Å². The Labute approximate surface area is 190 Å². The Morgan fingerprint density at radius 1 is 0.533 bits per heavy atom. The summed E-state index contributed by atoms with van der Waals surface area (Å²) < 4.78 is 0. The van der Waals surface area contributed by atoms with E-state index in [1.54, 1.807) is 0 Å². The summed E-state index contributed by atoms with van der Waals surface area (Å²) in [7, 11) is -2.12. The van der Waals surface area contributed by atoms with E-state index in [2.05, 4.69) is 97.9 Å². The molecule has 0 aliphatic heterocycles. The Balaban J connectivity index is 0.00000256. The maximum absolute atomic E-state index is 11.5. The van der Waals surface area contributed by atoms with Crippen LogP contribution in [-0.2, 0) is 0 Å². The fraction of sp³-hybridized carbons (Fsp3) is 0.111. The van der Waals surface area contributed by atoms with Gasteiger partial charge in [0, 0.05) is 0 Å². The Bertz CT molecular complexity index is 927. The number of aliphatic hydroxyl groups excluding tert-OH is 1. The van der Waals surface area contributed by atoms with E-state index in [0.29, 0.717) is 0 Å². The minimum atomic E-state index is -2.12. The van der Waals surface area contributed by atoms with Crippen molar-refractivity contribution in [2.24, 2.45) is 0 Å². The third kappa shape index (κ3) is 4.14. The molecular weight excluding hydrogens is 451 g/mol. The lowest BCUT2D eigenvalue weighted by Crippen LogP contribution is -3.00. The first-order valence-corrected chi connectivity index (χ1v) is 11.9. The van der Waals surface area contributed by atoms with Crippen LogP contribution in [0.2, 0.25) is 0 Å². The predicted octanol–water partition coefficient (Wildman–Crippen LogP) is 2.11. The molecule has 0 aliphatic carbocycles. The predicted molar refractivity (Wildman–Crippen MR) is 126 cm³/mol. The van der Waals surface area contributed by atoms with E-state index in [0.717, 1.165) is 5.56 Å². The number of hydrogen-bond donors (Lipinski definition) is 1. The van der Waals surface area contributed by atoms with Gasteiger partial charge in [0.2, 0.25) is 0 Å². The first-order valence-electron chi connectivity index (χ1n) is 10.0. The van der Waals surface area contributed by atoms with Crippen LogP contribution in [0.4, 0.5) is 0 Å². The van der Waals surface area contributed by atoms with Crippen molar-refractivity contribution in [3.63, 3.8) is 0 Å². The third-order valence-corrected chi connectivity index (χ3v) is 10.5. The maximum Gasteiger partial charge on any atom is 0.117 e. The monoisotopic (exact) mass is 476 g/mol. The molecule has 4 aromatic rings. The highest BCUT2D eigenvalue weighted by Gasteiger charge is 2.53. The van der Waals surface area contributed by atoms with Gasteiger partial charge in [0.25, 0.3) is 0 Å². The van der Waals surface area contributed by atoms with Gasteiger partial charge < -0.3 is 22.1 Å². The number of aliphatic hydroxyl groups is 1. The molecule has 4 aromatic carbocycles. The van der Waals surface area contributed by atoms with Gasteiger partial charge >= 0.3 is 0 Å². The summed E-state index contributed by atoms with van der Waals surface area (Å²) >= 11 is 0. The Morgan fingerprint density at radius 3 is 1.17 bits per heavy atom. The molecule has 0 aliphatic rings. The van der Waals surface area contributed by atoms with Gasteiger partial charge in [0.05, 0.1) is 0 Å². The smallest absolute Gasteiger partial charge is 0.117 e. The molecule has 0 saturated carbocycles. The van der Waals surface area contributed by atoms with Crippen LogP contribution in [-0.4, -0.2) is 10.8 Å². The average molecular weight is 477 g/mol. The van der Waals surface area contributed by atoms with Crippen molar-refractivity contribution in [1.82, 2.24) is 0 Å². The molecule has 0 fully saturated rings. The van der Waals surface area contributed by atoms with E-state index in [4.69, 9.17) is 0 Å². The standard InChI is InChI=1S/C27H26OP.BrH/c1-22(27(28)23-14-6-2-7-15-23)29(24-16-8-3-9-17-24,25-18-10-4-11-19-25)26-20-12-5-13-21-26;/h2-22,27-28H,1H3;1H/q+1;/p-1/t22-,27+;/m1./s1. The SMILES string of the molecule is C[C@H]([C@H](O)c1ccccc1)[P+](c1ccccc1)(c1ccccc1)c1ccccc1.[Br-]. The number of rotatable bonds is 6. The van der Waals surface area contributed by atoms with Crippen LogP contribution < -0.4 is 32.9 Å². The van der Waals surface area contributed by atoms with Crippen molar-refractivity contribution < 1.29 is 22.1 Å². The van der Waals surface area contributed by atoms with Crippen LogP contribution in [0, 0.1) is 0 Å². The second kappa shape index (κ2) is 10.2. The molecule has 0 spiro atoms. The van der Waals surface area contributed by atoms with Gasteiger partial charge in [0.15, 0.2) is 0 Å². The quantitative estimate of drug-likeness (QED) is 0.422.